The fourth-order valence-electron chi connectivity index (χ4n) is 2.79. The molecule has 2 nitrogen and oxygen atoms in total. The van der Waals surface area contributed by atoms with Crippen LogP contribution in [0.3, 0.4) is 0 Å². The van der Waals surface area contributed by atoms with E-state index < -0.39 is 8.32 Å². The van der Waals surface area contributed by atoms with Crippen LogP contribution in [0.5, 0.6) is 0 Å². The van der Waals surface area contributed by atoms with E-state index in [2.05, 4.69) is 49.5 Å². The fourth-order valence-corrected chi connectivity index (χ4v) is 6.80. The Morgan fingerprint density at radius 3 is 2.16 bits per heavy atom. The van der Waals surface area contributed by atoms with Crippen molar-refractivity contribution in [2.45, 2.75) is 51.2 Å². The van der Waals surface area contributed by atoms with Gasteiger partial charge in [0, 0.05) is 19.3 Å². The Hall–Kier alpha value is -0.803. The average Bonchev–Trinajstić information content (AvgIpc) is 2.45. The molecule has 0 amide bonds. The Kier molecular flexibility index (Phi) is 7.83. The quantitative estimate of drug-likeness (QED) is 0.486. The highest BCUT2D eigenvalue weighted by atomic mass is 28.4. The summed E-state index contributed by atoms with van der Waals surface area (Å²) in [6.45, 7) is 5.60. The number of hydrogen-bond donors (Lipinski definition) is 1. The zero-order chi connectivity index (χ0) is 14.0. The Labute approximate surface area is 119 Å². The van der Waals surface area contributed by atoms with Gasteiger partial charge in [-0.1, -0.05) is 44.9 Å². The summed E-state index contributed by atoms with van der Waals surface area (Å²) in [6, 6.07) is 14.3. The maximum atomic E-state index is 5.98. The maximum Gasteiger partial charge on any atom is 0.192 e. The van der Waals surface area contributed by atoms with Gasteiger partial charge in [-0.15, -0.1) is 0 Å². The molecule has 0 unspecified atom stereocenters. The van der Waals surface area contributed by atoms with E-state index >= 15 is 0 Å². The number of benzene rings is 1. The Balaban J connectivity index is 2.35. The zero-order valence-electron chi connectivity index (χ0n) is 12.7. The molecule has 0 aromatic heterocycles. The molecule has 0 saturated carbocycles. The summed E-state index contributed by atoms with van der Waals surface area (Å²) in [5.41, 5.74) is 1.22. The molecule has 108 valence electrons. The molecule has 0 aliphatic carbocycles. The highest BCUT2D eigenvalue weighted by Gasteiger charge is 2.30. The fraction of sp³-hybridized carbons (Fsp3) is 0.625. The SMILES string of the molecule is CCC[Si](CCC)(CCCNc1ccccc1)OC. The van der Waals surface area contributed by atoms with Gasteiger partial charge in [0.2, 0.25) is 0 Å². The van der Waals surface area contributed by atoms with Crippen molar-refractivity contribution in [1.29, 1.82) is 0 Å². The lowest BCUT2D eigenvalue weighted by Gasteiger charge is -2.29. The van der Waals surface area contributed by atoms with Crippen molar-refractivity contribution in [3.63, 3.8) is 0 Å². The van der Waals surface area contributed by atoms with Crippen LogP contribution in [0.2, 0.25) is 18.1 Å². The standard InChI is InChI=1S/C16H29NOSi/c1-4-13-19(18-3,14-5-2)15-9-12-17-16-10-7-6-8-11-16/h6-8,10-11,17H,4-5,9,12-15H2,1-3H3. The molecular weight excluding hydrogens is 250 g/mol. The van der Waals surface area contributed by atoms with E-state index in [1.54, 1.807) is 0 Å². The molecule has 1 rings (SSSR count). The minimum atomic E-state index is -1.45. The summed E-state index contributed by atoms with van der Waals surface area (Å²) >= 11 is 0. The Morgan fingerprint density at radius 2 is 1.63 bits per heavy atom. The molecule has 0 bridgehead atoms. The van der Waals surface area contributed by atoms with Crippen molar-refractivity contribution in [2.75, 3.05) is 19.0 Å². The van der Waals surface area contributed by atoms with Crippen LogP contribution in [0.4, 0.5) is 5.69 Å². The van der Waals surface area contributed by atoms with Crippen molar-refractivity contribution >= 4 is 14.0 Å². The van der Waals surface area contributed by atoms with Gasteiger partial charge in [-0.2, -0.15) is 0 Å². The predicted molar refractivity (Wildman–Crippen MR) is 87.3 cm³/mol. The molecule has 0 atom stereocenters. The Morgan fingerprint density at radius 1 is 1.00 bits per heavy atom. The highest BCUT2D eigenvalue weighted by Crippen LogP contribution is 2.26. The summed E-state index contributed by atoms with van der Waals surface area (Å²) in [7, 11) is 0.485. The van der Waals surface area contributed by atoms with Crippen molar-refractivity contribution in [3.8, 4) is 0 Å². The summed E-state index contributed by atoms with van der Waals surface area (Å²) in [5, 5.41) is 3.49. The lowest BCUT2D eigenvalue weighted by Crippen LogP contribution is -2.37. The van der Waals surface area contributed by atoms with Crippen LogP contribution < -0.4 is 5.32 Å². The molecule has 0 saturated heterocycles. The monoisotopic (exact) mass is 279 g/mol. The van der Waals surface area contributed by atoms with Crippen molar-refractivity contribution in [2.24, 2.45) is 0 Å². The van der Waals surface area contributed by atoms with Crippen LogP contribution >= 0.6 is 0 Å². The zero-order valence-corrected chi connectivity index (χ0v) is 13.7. The van der Waals surface area contributed by atoms with Gasteiger partial charge in [-0.25, -0.2) is 0 Å². The number of hydrogen-bond acceptors (Lipinski definition) is 2. The van der Waals surface area contributed by atoms with E-state index in [4.69, 9.17) is 4.43 Å². The third-order valence-electron chi connectivity index (χ3n) is 3.76. The third-order valence-corrected chi connectivity index (χ3v) is 8.71. The van der Waals surface area contributed by atoms with E-state index in [-0.39, 0.29) is 0 Å². The molecule has 1 aromatic carbocycles. The molecular formula is C16H29NOSi. The molecule has 1 aromatic rings. The van der Waals surface area contributed by atoms with Gasteiger partial charge in [0.15, 0.2) is 8.32 Å². The van der Waals surface area contributed by atoms with Crippen LogP contribution in [0.25, 0.3) is 0 Å². The molecule has 0 fully saturated rings. The average molecular weight is 280 g/mol. The first-order valence-corrected chi connectivity index (χ1v) is 10.1. The number of anilines is 1. The van der Waals surface area contributed by atoms with Crippen molar-refractivity contribution in [1.82, 2.24) is 0 Å². The van der Waals surface area contributed by atoms with Gasteiger partial charge in [0.1, 0.15) is 0 Å². The van der Waals surface area contributed by atoms with Crippen molar-refractivity contribution in [3.05, 3.63) is 30.3 Å². The number of para-hydroxylation sites is 1. The minimum absolute atomic E-state index is 1.05. The molecule has 19 heavy (non-hydrogen) atoms. The van der Waals surface area contributed by atoms with Gasteiger partial charge in [0.05, 0.1) is 0 Å². The van der Waals surface area contributed by atoms with Crippen LogP contribution in [0.1, 0.15) is 33.1 Å². The van der Waals surface area contributed by atoms with Gasteiger partial charge in [-0.05, 0) is 36.7 Å². The lowest BCUT2D eigenvalue weighted by atomic mass is 10.3. The minimum Gasteiger partial charge on any atom is -0.420 e. The highest BCUT2D eigenvalue weighted by molar-refractivity contribution is 6.73. The molecule has 0 heterocycles. The first-order chi connectivity index (χ1) is 9.26. The second kappa shape index (κ2) is 9.16. The van der Waals surface area contributed by atoms with E-state index in [9.17, 15) is 0 Å². The largest absolute Gasteiger partial charge is 0.420 e. The van der Waals surface area contributed by atoms with Crippen LogP contribution in [0, 0.1) is 0 Å². The van der Waals surface area contributed by atoms with E-state index in [1.807, 2.05) is 7.11 Å². The summed E-state index contributed by atoms with van der Waals surface area (Å²) in [6.07, 6.45) is 3.73. The molecule has 0 radical (unpaired) electrons. The van der Waals surface area contributed by atoms with Crippen molar-refractivity contribution < 1.29 is 4.43 Å². The molecule has 3 heteroatoms. The summed E-state index contributed by atoms with van der Waals surface area (Å²) in [4.78, 5) is 0. The van der Waals surface area contributed by atoms with Gasteiger partial charge in [0.25, 0.3) is 0 Å². The first-order valence-electron chi connectivity index (χ1n) is 7.60. The second-order valence-electron chi connectivity index (χ2n) is 5.28. The van der Waals surface area contributed by atoms with Gasteiger partial charge >= 0.3 is 0 Å². The van der Waals surface area contributed by atoms with Gasteiger partial charge < -0.3 is 9.74 Å². The number of nitrogens with one attached hydrogen (secondary N) is 1. The Bertz CT molecular complexity index is 323. The lowest BCUT2D eigenvalue weighted by molar-refractivity contribution is 0.385. The molecule has 1 N–H and O–H groups in total. The van der Waals surface area contributed by atoms with Crippen LogP contribution in [0.15, 0.2) is 30.3 Å². The summed E-state index contributed by atoms with van der Waals surface area (Å²) < 4.78 is 5.98. The van der Waals surface area contributed by atoms with Crippen LogP contribution in [-0.2, 0) is 4.43 Å². The van der Waals surface area contributed by atoms with Crippen LogP contribution in [-0.4, -0.2) is 22.0 Å². The topological polar surface area (TPSA) is 21.3 Å². The summed E-state index contributed by atoms with van der Waals surface area (Å²) in [5.74, 6) is 0. The first kappa shape index (κ1) is 16.3. The maximum absolute atomic E-state index is 5.98. The molecule has 0 spiro atoms. The molecule has 0 aliphatic heterocycles. The molecule has 0 aliphatic rings. The third kappa shape index (κ3) is 5.79. The van der Waals surface area contributed by atoms with E-state index in [1.165, 1.54) is 43.1 Å². The van der Waals surface area contributed by atoms with Gasteiger partial charge in [-0.3, -0.25) is 0 Å². The van der Waals surface area contributed by atoms with E-state index in [0.717, 1.165) is 6.54 Å². The number of rotatable bonds is 10. The smallest absolute Gasteiger partial charge is 0.192 e. The predicted octanol–water partition coefficient (Wildman–Crippen LogP) is 4.90. The second-order valence-corrected chi connectivity index (χ2v) is 9.56. The normalized spacial score (nSPS) is 11.5. The van der Waals surface area contributed by atoms with E-state index in [0.29, 0.717) is 0 Å².